The van der Waals surface area contributed by atoms with Gasteiger partial charge < -0.3 is 19.6 Å². The fourth-order valence-electron chi connectivity index (χ4n) is 17.9. The average molecular weight is 1510 g/mol. The Hall–Kier alpha value is -11.7. The summed E-state index contributed by atoms with van der Waals surface area (Å²) in [6, 6.07) is 130. The highest BCUT2D eigenvalue weighted by Crippen LogP contribution is 2.54. The zero-order valence-corrected chi connectivity index (χ0v) is 68.7. The first kappa shape index (κ1) is 72.6. The molecule has 0 N–H and O–H groups in total. The normalized spacial score (nSPS) is 13.3. The molecule has 0 bridgehead atoms. The summed E-state index contributed by atoms with van der Waals surface area (Å²) in [6.45, 7) is 27.3. The minimum absolute atomic E-state index is 0.00363. The molecule has 4 heterocycles. The maximum absolute atomic E-state index is 2.67. The Morgan fingerprint density at radius 1 is 0.228 bits per heavy atom. The van der Waals surface area contributed by atoms with E-state index in [9.17, 15) is 0 Å². The van der Waals surface area contributed by atoms with Gasteiger partial charge in [-0.2, -0.15) is 0 Å². The molecule has 19 rings (SSSR count). The summed E-state index contributed by atoms with van der Waals surface area (Å²) in [4.78, 5) is 15.3. The van der Waals surface area contributed by atoms with Gasteiger partial charge in [0.2, 0.25) is 13.4 Å². The Morgan fingerprint density at radius 3 is 0.860 bits per heavy atom. The molecule has 8 heteroatoms. The van der Waals surface area contributed by atoms with Crippen LogP contribution in [0.4, 0.5) is 68.2 Å². The number of para-hydroxylation sites is 8. The van der Waals surface area contributed by atoms with Crippen molar-refractivity contribution in [3.8, 4) is 44.5 Å². The van der Waals surface area contributed by atoms with Crippen LogP contribution in [0.1, 0.15) is 105 Å². The molecule has 0 unspecified atom stereocenters. The predicted octanol–water partition coefficient (Wildman–Crippen LogP) is 26.0. The summed E-state index contributed by atoms with van der Waals surface area (Å²) in [5, 5.41) is 0. The topological polar surface area (TPSA) is 13.0 Å². The maximum atomic E-state index is 2.67. The van der Waals surface area contributed by atoms with Crippen LogP contribution in [0.15, 0.2) is 359 Å². The van der Waals surface area contributed by atoms with Crippen molar-refractivity contribution < 1.29 is 0 Å². The Bertz CT molecular complexity index is 5850. The fraction of sp³-hybridized carbons (Fsp3) is 0.151. The van der Waals surface area contributed by atoms with E-state index in [0.29, 0.717) is 0 Å². The van der Waals surface area contributed by atoms with E-state index in [1.54, 1.807) is 0 Å². The van der Waals surface area contributed by atoms with Gasteiger partial charge in [0.25, 0.3) is 0 Å². The van der Waals surface area contributed by atoms with Gasteiger partial charge >= 0.3 is 0 Å². The second kappa shape index (κ2) is 28.2. The molecule has 15 aromatic carbocycles. The van der Waals surface area contributed by atoms with E-state index in [1.807, 2.05) is 23.5 Å². The standard InChI is InChI=1S/C106H92B2N4S2/c1-103(2,3)73-55-47-69(48-56-73)81-35-19-25-41-89(81)109(77-31-15-13-16-32-77)79-63-95-101-99(65-79)113-97-68-98-88(67-87(97)107(101)85-39-23-29-45-93(85)111(95)91-43-27-21-37-83(91)71-51-59-75(60-52-71)105(7,8)9)108-86-40-24-30-46-94(86)112(92-44-28-22-38-84(92)72-53-61-76(62-54-72)106(10,11)12)96-64-80(66-100(114-98)102(96)108)110(78-33-17-14-18-34-78)90-42-26-20-36-82(90)70-49-57-74(58-50-70)104(4,5)6/h13-68H,1-12H3. The highest BCUT2D eigenvalue weighted by atomic mass is 32.2. The molecule has 0 saturated heterocycles. The molecule has 114 heavy (non-hydrogen) atoms. The first-order chi connectivity index (χ1) is 55.1. The minimum Gasteiger partial charge on any atom is -0.311 e. The van der Waals surface area contributed by atoms with Crippen LogP contribution in [-0.4, -0.2) is 13.4 Å². The molecule has 0 aromatic heterocycles. The lowest BCUT2D eigenvalue weighted by molar-refractivity contribution is 0.590. The molecule has 554 valence electrons. The third kappa shape index (κ3) is 12.8. The molecule has 4 aliphatic heterocycles. The molecular weight excluding hydrogens is 1410 g/mol. The van der Waals surface area contributed by atoms with Crippen molar-refractivity contribution in [3.63, 3.8) is 0 Å². The second-order valence-corrected chi connectivity index (χ2v) is 37.4. The number of nitrogens with zero attached hydrogens (tertiary/aromatic N) is 4. The highest BCUT2D eigenvalue weighted by Gasteiger charge is 2.47. The Balaban J connectivity index is 0.843. The summed E-state index contributed by atoms with van der Waals surface area (Å²) >= 11 is 3.88. The molecule has 0 saturated carbocycles. The van der Waals surface area contributed by atoms with Gasteiger partial charge in [-0.05, 0) is 179 Å². The molecule has 0 fully saturated rings. The van der Waals surface area contributed by atoms with E-state index in [2.05, 4.69) is 442 Å². The number of anilines is 12. The molecule has 0 aliphatic carbocycles. The van der Waals surface area contributed by atoms with Crippen molar-refractivity contribution in [2.75, 3.05) is 19.6 Å². The van der Waals surface area contributed by atoms with Crippen LogP contribution in [-0.2, 0) is 21.7 Å². The van der Waals surface area contributed by atoms with E-state index < -0.39 is 0 Å². The van der Waals surface area contributed by atoms with E-state index in [4.69, 9.17) is 0 Å². The molecule has 0 radical (unpaired) electrons. The lowest BCUT2D eigenvalue weighted by Gasteiger charge is -2.43. The monoisotopic (exact) mass is 1510 g/mol. The number of fused-ring (bicyclic) bond motifs is 8. The zero-order valence-electron chi connectivity index (χ0n) is 67.1. The third-order valence-electron chi connectivity index (χ3n) is 23.8. The highest BCUT2D eigenvalue weighted by molar-refractivity contribution is 8.01. The van der Waals surface area contributed by atoms with Crippen molar-refractivity contribution in [3.05, 3.63) is 362 Å². The van der Waals surface area contributed by atoms with E-state index in [0.717, 1.165) is 56.6 Å². The summed E-state index contributed by atoms with van der Waals surface area (Å²) < 4.78 is 0. The second-order valence-electron chi connectivity index (χ2n) is 35.3. The van der Waals surface area contributed by atoms with E-state index >= 15 is 0 Å². The van der Waals surface area contributed by atoms with Crippen molar-refractivity contribution in [2.24, 2.45) is 0 Å². The lowest BCUT2D eigenvalue weighted by Crippen LogP contribution is -2.63. The number of hydrogen-bond acceptors (Lipinski definition) is 6. The number of rotatable bonds is 12. The minimum atomic E-state index is -0.126. The molecule has 0 atom stereocenters. The smallest absolute Gasteiger partial charge is 0.249 e. The van der Waals surface area contributed by atoms with Crippen molar-refractivity contribution in [1.82, 2.24) is 0 Å². The van der Waals surface area contributed by atoms with Crippen LogP contribution in [0.3, 0.4) is 0 Å². The summed E-state index contributed by atoms with van der Waals surface area (Å²) in [7, 11) is 0. The van der Waals surface area contributed by atoms with Gasteiger partial charge in [0.1, 0.15) is 0 Å². The fourth-order valence-corrected chi connectivity index (χ4v) is 20.4. The quantitative estimate of drug-likeness (QED) is 0.112. The zero-order chi connectivity index (χ0) is 78.1. The van der Waals surface area contributed by atoms with Gasteiger partial charge in [0, 0.05) is 87.3 Å². The van der Waals surface area contributed by atoms with E-state index in [1.165, 1.54) is 131 Å². The molecule has 4 nitrogen and oxygen atoms in total. The lowest BCUT2D eigenvalue weighted by atomic mass is 9.32. The van der Waals surface area contributed by atoms with Crippen LogP contribution < -0.4 is 52.4 Å². The van der Waals surface area contributed by atoms with Gasteiger partial charge in [0.05, 0.1) is 22.7 Å². The predicted molar refractivity (Wildman–Crippen MR) is 492 cm³/mol. The van der Waals surface area contributed by atoms with Gasteiger partial charge in [0.15, 0.2) is 0 Å². The maximum Gasteiger partial charge on any atom is 0.249 e. The Kier molecular flexibility index (Phi) is 17.9. The Labute approximate surface area is 683 Å². The van der Waals surface area contributed by atoms with Crippen LogP contribution in [0.2, 0.25) is 0 Å². The van der Waals surface area contributed by atoms with Crippen LogP contribution in [0, 0.1) is 0 Å². The summed E-state index contributed by atoms with van der Waals surface area (Å²) in [5.74, 6) is 0. The largest absolute Gasteiger partial charge is 0.311 e. The van der Waals surface area contributed by atoms with Gasteiger partial charge in [-0.3, -0.25) is 0 Å². The molecule has 15 aromatic rings. The van der Waals surface area contributed by atoms with Crippen LogP contribution >= 0.6 is 23.5 Å². The van der Waals surface area contributed by atoms with Crippen molar-refractivity contribution in [2.45, 2.75) is 124 Å². The van der Waals surface area contributed by atoms with Gasteiger partial charge in [-0.15, -0.1) is 0 Å². The van der Waals surface area contributed by atoms with Gasteiger partial charge in [-0.25, -0.2) is 0 Å². The van der Waals surface area contributed by atoms with E-state index in [-0.39, 0.29) is 35.1 Å². The number of benzene rings is 15. The summed E-state index contributed by atoms with van der Waals surface area (Å²) in [5.41, 5.74) is 36.0. The molecular formula is C106H92B2N4S2. The first-order valence-electron chi connectivity index (χ1n) is 40.3. The average Bonchev–Trinajstić information content (AvgIpc) is 0.695. The summed E-state index contributed by atoms with van der Waals surface area (Å²) in [6.07, 6.45) is 0. The molecule has 4 aliphatic rings. The third-order valence-corrected chi connectivity index (χ3v) is 26.1. The van der Waals surface area contributed by atoms with Crippen LogP contribution in [0.25, 0.3) is 44.5 Å². The van der Waals surface area contributed by atoms with Crippen LogP contribution in [0.5, 0.6) is 0 Å². The number of hydrogen-bond donors (Lipinski definition) is 0. The SMILES string of the molecule is CC(C)(C)c1ccc(-c2ccccc2N(c2ccccc2)c2cc3c4c(c2)N(c2ccccc2-c2ccc(C(C)(C)C)cc2)c2ccccc2B4c2cc4c(cc2S3)Sc2cc(N(c3ccccc3)c3ccccc3-c3ccc(C(C)(C)C)cc3)cc3c2B4c2ccccc2N3c2ccccc2-c2ccc(C(C)(C)C)cc2)cc1. The van der Waals surface area contributed by atoms with Crippen molar-refractivity contribution in [1.29, 1.82) is 0 Å². The molecule has 0 spiro atoms. The Morgan fingerprint density at radius 2 is 0.518 bits per heavy atom. The molecule has 0 amide bonds. The van der Waals surface area contributed by atoms with Crippen molar-refractivity contribution >= 4 is 138 Å². The van der Waals surface area contributed by atoms with Gasteiger partial charge in [-0.1, -0.05) is 366 Å². The first-order valence-corrected chi connectivity index (χ1v) is 41.9.